The van der Waals surface area contributed by atoms with Crippen molar-refractivity contribution in [2.75, 3.05) is 19.6 Å². The van der Waals surface area contributed by atoms with Crippen molar-refractivity contribution < 1.29 is 13.6 Å². The average Bonchev–Trinajstić information content (AvgIpc) is 3.01. The minimum atomic E-state index is -0.778. The molecule has 1 amide bonds. The lowest BCUT2D eigenvalue weighted by molar-refractivity contribution is 0.0669. The molecule has 2 aliphatic rings. The molecule has 0 saturated carbocycles. The third-order valence-electron chi connectivity index (χ3n) is 4.66. The molecule has 0 bridgehead atoms. The van der Waals surface area contributed by atoms with E-state index in [1.807, 2.05) is 0 Å². The van der Waals surface area contributed by atoms with Crippen LogP contribution in [0.5, 0.6) is 0 Å². The molecular formula is C16H20F2N2O. The summed E-state index contributed by atoms with van der Waals surface area (Å²) in [7, 11) is 0. The van der Waals surface area contributed by atoms with Crippen LogP contribution in [0.15, 0.2) is 18.2 Å². The smallest absolute Gasteiger partial charge is 0.256 e. The molecule has 5 heteroatoms. The SMILES string of the molecule is O=C(c1ccc(F)cc1F)N1CCC(C2CCCN2)CC1. The zero-order valence-corrected chi connectivity index (χ0v) is 11.9. The lowest BCUT2D eigenvalue weighted by Gasteiger charge is -2.35. The summed E-state index contributed by atoms with van der Waals surface area (Å²) in [6.07, 6.45) is 4.34. The fourth-order valence-electron chi connectivity index (χ4n) is 3.45. The van der Waals surface area contributed by atoms with Crippen molar-refractivity contribution in [2.45, 2.75) is 31.7 Å². The molecule has 1 N–H and O–H groups in total. The van der Waals surface area contributed by atoms with E-state index in [-0.39, 0.29) is 11.5 Å². The fourth-order valence-corrected chi connectivity index (χ4v) is 3.45. The van der Waals surface area contributed by atoms with E-state index in [9.17, 15) is 13.6 Å². The van der Waals surface area contributed by atoms with Crippen LogP contribution in [0.2, 0.25) is 0 Å². The Morgan fingerprint density at radius 3 is 2.57 bits per heavy atom. The Kier molecular flexibility index (Phi) is 4.19. The van der Waals surface area contributed by atoms with Crippen molar-refractivity contribution in [2.24, 2.45) is 5.92 Å². The molecule has 21 heavy (non-hydrogen) atoms. The molecular weight excluding hydrogens is 274 g/mol. The van der Waals surface area contributed by atoms with Crippen LogP contribution >= 0.6 is 0 Å². The quantitative estimate of drug-likeness (QED) is 0.909. The minimum Gasteiger partial charge on any atom is -0.339 e. The maximum atomic E-state index is 13.7. The molecule has 3 rings (SSSR count). The second-order valence-electron chi connectivity index (χ2n) is 5.96. The topological polar surface area (TPSA) is 32.3 Å². The summed E-state index contributed by atoms with van der Waals surface area (Å²) < 4.78 is 26.6. The number of hydrogen-bond acceptors (Lipinski definition) is 2. The van der Waals surface area contributed by atoms with E-state index in [2.05, 4.69) is 5.32 Å². The molecule has 1 atom stereocenters. The van der Waals surface area contributed by atoms with E-state index in [1.165, 1.54) is 18.9 Å². The van der Waals surface area contributed by atoms with Gasteiger partial charge < -0.3 is 10.2 Å². The normalized spacial score (nSPS) is 23.5. The van der Waals surface area contributed by atoms with Crippen molar-refractivity contribution in [1.82, 2.24) is 10.2 Å². The van der Waals surface area contributed by atoms with Gasteiger partial charge >= 0.3 is 0 Å². The average molecular weight is 294 g/mol. The van der Waals surface area contributed by atoms with Crippen LogP contribution in [0, 0.1) is 17.6 Å². The summed E-state index contributed by atoms with van der Waals surface area (Å²) in [5.41, 5.74) is -0.0335. The number of nitrogens with one attached hydrogen (secondary N) is 1. The summed E-state index contributed by atoms with van der Waals surface area (Å²) >= 11 is 0. The second kappa shape index (κ2) is 6.10. The number of hydrogen-bond donors (Lipinski definition) is 1. The minimum absolute atomic E-state index is 0.0335. The van der Waals surface area contributed by atoms with Gasteiger partial charge in [-0.15, -0.1) is 0 Å². The fraction of sp³-hybridized carbons (Fsp3) is 0.562. The molecule has 2 fully saturated rings. The van der Waals surface area contributed by atoms with Crippen LogP contribution in [-0.2, 0) is 0 Å². The van der Waals surface area contributed by atoms with Crippen LogP contribution in [0.4, 0.5) is 8.78 Å². The van der Waals surface area contributed by atoms with Gasteiger partial charge in [-0.1, -0.05) is 0 Å². The van der Waals surface area contributed by atoms with Gasteiger partial charge in [0.2, 0.25) is 0 Å². The first-order valence-electron chi connectivity index (χ1n) is 7.63. The largest absolute Gasteiger partial charge is 0.339 e. The molecule has 3 nitrogen and oxygen atoms in total. The predicted molar refractivity (Wildman–Crippen MR) is 76.0 cm³/mol. The number of amides is 1. The highest BCUT2D eigenvalue weighted by atomic mass is 19.1. The van der Waals surface area contributed by atoms with Crippen LogP contribution in [-0.4, -0.2) is 36.5 Å². The monoisotopic (exact) mass is 294 g/mol. The highest BCUT2D eigenvalue weighted by molar-refractivity contribution is 5.94. The molecule has 0 aromatic heterocycles. The van der Waals surface area contributed by atoms with Crippen molar-refractivity contribution in [1.29, 1.82) is 0 Å². The summed E-state index contributed by atoms with van der Waals surface area (Å²) in [5.74, 6) is -1.16. The zero-order valence-electron chi connectivity index (χ0n) is 11.9. The van der Waals surface area contributed by atoms with Crippen LogP contribution < -0.4 is 5.32 Å². The maximum Gasteiger partial charge on any atom is 0.256 e. The van der Waals surface area contributed by atoms with Crippen LogP contribution in [0.1, 0.15) is 36.0 Å². The van der Waals surface area contributed by atoms with E-state index in [0.29, 0.717) is 25.0 Å². The highest BCUT2D eigenvalue weighted by Crippen LogP contribution is 2.26. The molecule has 0 radical (unpaired) electrons. The molecule has 1 aromatic carbocycles. The Hall–Kier alpha value is -1.49. The number of carbonyl (C=O) groups is 1. The molecule has 2 aliphatic heterocycles. The number of piperidine rings is 1. The van der Waals surface area contributed by atoms with Gasteiger partial charge in [-0.3, -0.25) is 4.79 Å². The number of likely N-dealkylation sites (tertiary alicyclic amines) is 1. The van der Waals surface area contributed by atoms with Crippen LogP contribution in [0.3, 0.4) is 0 Å². The van der Waals surface area contributed by atoms with Gasteiger partial charge in [0, 0.05) is 25.2 Å². The number of benzene rings is 1. The first-order valence-corrected chi connectivity index (χ1v) is 7.63. The van der Waals surface area contributed by atoms with Gasteiger partial charge in [-0.2, -0.15) is 0 Å². The first-order chi connectivity index (χ1) is 10.1. The Labute approximate surface area is 123 Å². The molecule has 0 aliphatic carbocycles. The number of nitrogens with zero attached hydrogens (tertiary/aromatic N) is 1. The third kappa shape index (κ3) is 3.07. The van der Waals surface area contributed by atoms with E-state index in [4.69, 9.17) is 0 Å². The van der Waals surface area contributed by atoms with Gasteiger partial charge in [0.15, 0.2) is 0 Å². The van der Waals surface area contributed by atoms with E-state index < -0.39 is 11.6 Å². The lowest BCUT2D eigenvalue weighted by Crippen LogP contribution is -2.43. The van der Waals surface area contributed by atoms with E-state index >= 15 is 0 Å². The molecule has 0 spiro atoms. The Balaban J connectivity index is 1.62. The van der Waals surface area contributed by atoms with Gasteiger partial charge in [0.25, 0.3) is 5.91 Å². The second-order valence-corrected chi connectivity index (χ2v) is 5.96. The van der Waals surface area contributed by atoms with Crippen LogP contribution in [0.25, 0.3) is 0 Å². The molecule has 1 aromatic rings. The molecule has 2 heterocycles. The van der Waals surface area contributed by atoms with Gasteiger partial charge in [0.1, 0.15) is 11.6 Å². The number of carbonyl (C=O) groups excluding carboxylic acids is 1. The zero-order chi connectivity index (χ0) is 14.8. The number of rotatable bonds is 2. The highest BCUT2D eigenvalue weighted by Gasteiger charge is 2.30. The maximum absolute atomic E-state index is 13.7. The van der Waals surface area contributed by atoms with Gasteiger partial charge in [0.05, 0.1) is 5.56 Å². The Bertz CT molecular complexity index is 521. The van der Waals surface area contributed by atoms with Crippen molar-refractivity contribution >= 4 is 5.91 Å². The standard InChI is InChI=1S/C16H20F2N2O/c17-12-3-4-13(14(18)10-12)16(21)20-8-5-11(6-9-20)15-2-1-7-19-15/h3-4,10-11,15,19H,1-2,5-9H2. The lowest BCUT2D eigenvalue weighted by atomic mass is 9.88. The molecule has 114 valence electrons. The van der Waals surface area contributed by atoms with E-state index in [0.717, 1.165) is 31.5 Å². The van der Waals surface area contributed by atoms with Gasteiger partial charge in [-0.25, -0.2) is 8.78 Å². The van der Waals surface area contributed by atoms with Crippen molar-refractivity contribution in [3.05, 3.63) is 35.4 Å². The molecule has 1 unspecified atom stereocenters. The Morgan fingerprint density at radius 2 is 1.95 bits per heavy atom. The first kappa shape index (κ1) is 14.4. The van der Waals surface area contributed by atoms with Crippen molar-refractivity contribution in [3.8, 4) is 0 Å². The number of halogens is 2. The van der Waals surface area contributed by atoms with Gasteiger partial charge in [-0.05, 0) is 50.3 Å². The summed E-state index contributed by atoms with van der Waals surface area (Å²) in [5, 5.41) is 3.51. The summed E-state index contributed by atoms with van der Waals surface area (Å²) in [6, 6.07) is 3.70. The molecule has 2 saturated heterocycles. The Morgan fingerprint density at radius 1 is 1.19 bits per heavy atom. The summed E-state index contributed by atoms with van der Waals surface area (Å²) in [4.78, 5) is 14.0. The summed E-state index contributed by atoms with van der Waals surface area (Å²) in [6.45, 7) is 2.39. The third-order valence-corrected chi connectivity index (χ3v) is 4.66. The predicted octanol–water partition coefficient (Wildman–Crippen LogP) is 2.57. The van der Waals surface area contributed by atoms with E-state index in [1.54, 1.807) is 4.90 Å². The van der Waals surface area contributed by atoms with Crippen molar-refractivity contribution in [3.63, 3.8) is 0 Å².